The Hall–Kier alpha value is -2.17. The quantitative estimate of drug-likeness (QED) is 0.671. The summed E-state index contributed by atoms with van der Waals surface area (Å²) in [4.78, 5) is 20.4. The Morgan fingerprint density at radius 1 is 0.955 bits per heavy atom. The first-order chi connectivity index (χ1) is 10.6. The molecule has 1 heterocycles. The van der Waals surface area contributed by atoms with Crippen molar-refractivity contribution in [1.29, 1.82) is 0 Å². The van der Waals surface area contributed by atoms with Crippen molar-refractivity contribution in [2.24, 2.45) is 0 Å². The number of benzene rings is 2. The maximum Gasteiger partial charge on any atom is 0.338 e. The minimum absolute atomic E-state index is 0.119. The maximum absolute atomic E-state index is 12.1. The molecule has 0 fully saturated rings. The third-order valence-electron chi connectivity index (χ3n) is 3.06. The van der Waals surface area contributed by atoms with Gasteiger partial charge in [0.1, 0.15) is 6.61 Å². The van der Waals surface area contributed by atoms with Crippen molar-refractivity contribution in [3.8, 4) is 0 Å². The van der Waals surface area contributed by atoms with Crippen molar-refractivity contribution >= 4 is 40.2 Å². The molecule has 3 aromatic rings. The lowest BCUT2D eigenvalue weighted by molar-refractivity contribution is 0.0473. The fraction of sp³-hybridized carbons (Fsp3) is 0.0625. The first kappa shape index (κ1) is 14.8. The molecule has 0 saturated heterocycles. The molecule has 0 bridgehead atoms. The van der Waals surface area contributed by atoms with Crippen LogP contribution in [0.25, 0.3) is 11.0 Å². The highest BCUT2D eigenvalue weighted by atomic mass is 35.5. The minimum Gasteiger partial charge on any atom is -0.457 e. The second-order valence-electron chi connectivity index (χ2n) is 4.58. The average molecular weight is 333 g/mol. The van der Waals surface area contributed by atoms with Crippen molar-refractivity contribution in [2.45, 2.75) is 6.61 Å². The number of hydrogen-bond acceptors (Lipinski definition) is 4. The predicted molar refractivity (Wildman–Crippen MR) is 85.1 cm³/mol. The molecular formula is C16H10Cl2N2O2. The van der Waals surface area contributed by atoms with Gasteiger partial charge in [-0.25, -0.2) is 4.79 Å². The first-order valence-corrected chi connectivity index (χ1v) is 7.21. The van der Waals surface area contributed by atoms with Gasteiger partial charge in [0.15, 0.2) is 0 Å². The van der Waals surface area contributed by atoms with Crippen LogP contribution in [0.4, 0.5) is 0 Å². The Morgan fingerprint density at radius 3 is 2.50 bits per heavy atom. The summed E-state index contributed by atoms with van der Waals surface area (Å²) in [5.41, 5.74) is 2.56. The van der Waals surface area contributed by atoms with Gasteiger partial charge in [0, 0.05) is 12.4 Å². The van der Waals surface area contributed by atoms with Crippen molar-refractivity contribution in [3.05, 3.63) is 70.0 Å². The largest absolute Gasteiger partial charge is 0.457 e. The lowest BCUT2D eigenvalue weighted by Crippen LogP contribution is -2.05. The number of ether oxygens (including phenoxy) is 1. The summed E-state index contributed by atoms with van der Waals surface area (Å²) in [7, 11) is 0. The van der Waals surface area contributed by atoms with E-state index in [0.717, 1.165) is 11.1 Å². The van der Waals surface area contributed by atoms with Crippen LogP contribution in [-0.4, -0.2) is 15.9 Å². The van der Waals surface area contributed by atoms with Gasteiger partial charge in [-0.1, -0.05) is 29.3 Å². The molecule has 3 rings (SSSR count). The molecular weight excluding hydrogens is 323 g/mol. The Bertz CT molecular complexity index is 852. The number of hydrogen-bond donors (Lipinski definition) is 0. The molecule has 2 aromatic carbocycles. The molecule has 0 amide bonds. The molecule has 0 saturated carbocycles. The number of carbonyl (C=O) groups is 1. The highest BCUT2D eigenvalue weighted by Crippen LogP contribution is 2.23. The summed E-state index contributed by atoms with van der Waals surface area (Å²) < 4.78 is 5.27. The van der Waals surface area contributed by atoms with Crippen LogP contribution in [0.2, 0.25) is 10.0 Å². The smallest absolute Gasteiger partial charge is 0.338 e. The van der Waals surface area contributed by atoms with E-state index in [-0.39, 0.29) is 6.61 Å². The van der Waals surface area contributed by atoms with Crippen molar-refractivity contribution in [1.82, 2.24) is 9.97 Å². The molecule has 22 heavy (non-hydrogen) atoms. The van der Waals surface area contributed by atoms with Gasteiger partial charge in [0.25, 0.3) is 0 Å². The van der Waals surface area contributed by atoms with Crippen molar-refractivity contribution in [3.63, 3.8) is 0 Å². The van der Waals surface area contributed by atoms with Gasteiger partial charge in [0.05, 0.1) is 26.6 Å². The normalized spacial score (nSPS) is 10.6. The lowest BCUT2D eigenvalue weighted by atomic mass is 10.2. The third kappa shape index (κ3) is 3.18. The van der Waals surface area contributed by atoms with Crippen molar-refractivity contribution < 1.29 is 9.53 Å². The molecule has 0 aliphatic heterocycles. The average Bonchev–Trinajstić information content (AvgIpc) is 2.55. The summed E-state index contributed by atoms with van der Waals surface area (Å²) >= 11 is 11.8. The van der Waals surface area contributed by atoms with E-state index in [1.165, 1.54) is 0 Å². The number of aromatic nitrogens is 2. The minimum atomic E-state index is -0.432. The topological polar surface area (TPSA) is 52.1 Å². The molecule has 0 aliphatic rings. The molecule has 0 atom stereocenters. The Morgan fingerprint density at radius 2 is 1.73 bits per heavy atom. The van der Waals surface area contributed by atoms with E-state index in [4.69, 9.17) is 27.9 Å². The van der Waals surface area contributed by atoms with E-state index < -0.39 is 5.97 Å². The molecule has 0 radical (unpaired) electrons. The second kappa shape index (κ2) is 6.30. The fourth-order valence-corrected chi connectivity index (χ4v) is 2.27. The number of fused-ring (bicyclic) bond motifs is 1. The molecule has 6 heteroatoms. The highest BCUT2D eigenvalue weighted by Gasteiger charge is 2.09. The molecule has 110 valence electrons. The Labute approximate surface area is 136 Å². The number of nitrogens with zero attached hydrogens (tertiary/aromatic N) is 2. The van der Waals surface area contributed by atoms with Crippen molar-refractivity contribution in [2.75, 3.05) is 0 Å². The zero-order valence-electron chi connectivity index (χ0n) is 11.3. The van der Waals surface area contributed by atoms with E-state index in [9.17, 15) is 4.79 Å². The van der Waals surface area contributed by atoms with Gasteiger partial charge in [-0.15, -0.1) is 0 Å². The van der Waals surface area contributed by atoms with Crippen LogP contribution in [-0.2, 0) is 11.3 Å². The number of carbonyl (C=O) groups excluding carboxylic acids is 1. The molecule has 0 unspecified atom stereocenters. The highest BCUT2D eigenvalue weighted by molar-refractivity contribution is 6.42. The summed E-state index contributed by atoms with van der Waals surface area (Å²) in [5.74, 6) is -0.432. The van der Waals surface area contributed by atoms with Crippen LogP contribution >= 0.6 is 23.2 Å². The summed E-state index contributed by atoms with van der Waals surface area (Å²) in [6, 6.07) is 10.1. The monoisotopic (exact) mass is 332 g/mol. The lowest BCUT2D eigenvalue weighted by Gasteiger charge is -2.06. The van der Waals surface area contributed by atoms with E-state index >= 15 is 0 Å². The molecule has 0 spiro atoms. The van der Waals surface area contributed by atoms with Gasteiger partial charge in [-0.3, -0.25) is 9.97 Å². The van der Waals surface area contributed by atoms with Crippen LogP contribution in [0.1, 0.15) is 15.9 Å². The van der Waals surface area contributed by atoms with Crippen LogP contribution < -0.4 is 0 Å². The Balaban J connectivity index is 1.74. The van der Waals surface area contributed by atoms with Crippen LogP contribution in [0.15, 0.2) is 48.8 Å². The van der Waals surface area contributed by atoms with E-state index in [2.05, 4.69) is 9.97 Å². The van der Waals surface area contributed by atoms with Crippen LogP contribution in [0, 0.1) is 0 Å². The maximum atomic E-state index is 12.1. The summed E-state index contributed by atoms with van der Waals surface area (Å²) in [6.07, 6.45) is 3.18. The second-order valence-corrected chi connectivity index (χ2v) is 5.40. The van der Waals surface area contributed by atoms with Gasteiger partial charge in [-0.05, 0) is 35.9 Å². The number of halogens is 2. The molecule has 0 N–H and O–H groups in total. The van der Waals surface area contributed by atoms with Gasteiger partial charge in [-0.2, -0.15) is 0 Å². The van der Waals surface area contributed by atoms with E-state index in [1.807, 2.05) is 0 Å². The van der Waals surface area contributed by atoms with Crippen LogP contribution in [0.5, 0.6) is 0 Å². The van der Waals surface area contributed by atoms with Crippen LogP contribution in [0.3, 0.4) is 0 Å². The SMILES string of the molecule is O=C(OCc1ccc(Cl)c(Cl)c1)c1ccc2nccnc2c1. The Kier molecular flexibility index (Phi) is 4.22. The number of esters is 1. The van der Waals surface area contributed by atoms with Gasteiger partial charge < -0.3 is 4.74 Å². The first-order valence-electron chi connectivity index (χ1n) is 6.45. The zero-order chi connectivity index (χ0) is 15.5. The third-order valence-corrected chi connectivity index (χ3v) is 3.80. The zero-order valence-corrected chi connectivity index (χ0v) is 12.8. The molecule has 1 aromatic heterocycles. The van der Waals surface area contributed by atoms with E-state index in [0.29, 0.717) is 21.1 Å². The molecule has 0 aliphatic carbocycles. The van der Waals surface area contributed by atoms with Gasteiger partial charge in [0.2, 0.25) is 0 Å². The summed E-state index contributed by atoms with van der Waals surface area (Å²) in [5, 5.41) is 0.890. The number of rotatable bonds is 3. The fourth-order valence-electron chi connectivity index (χ4n) is 1.95. The predicted octanol–water partition coefficient (Wildman–Crippen LogP) is 4.29. The van der Waals surface area contributed by atoms with E-state index in [1.54, 1.807) is 48.8 Å². The standard InChI is InChI=1S/C16H10Cl2N2O2/c17-12-3-1-10(7-13(12)18)9-22-16(21)11-2-4-14-15(8-11)20-6-5-19-14/h1-8H,9H2. The molecule has 4 nitrogen and oxygen atoms in total. The van der Waals surface area contributed by atoms with Gasteiger partial charge >= 0.3 is 5.97 Å². The summed E-state index contributed by atoms with van der Waals surface area (Å²) in [6.45, 7) is 0.119.